The first-order chi connectivity index (χ1) is 14.3. The minimum Gasteiger partial charge on any atom is -0.452 e. The molecule has 0 bridgehead atoms. The number of hydrogen-bond donors (Lipinski definition) is 1. The first kappa shape index (κ1) is 21.2. The number of anilines is 2. The van der Waals surface area contributed by atoms with Gasteiger partial charge in [-0.3, -0.25) is 14.9 Å². The molecule has 0 unspecified atom stereocenters. The number of amides is 1. The van der Waals surface area contributed by atoms with Gasteiger partial charge in [-0.15, -0.1) is 0 Å². The number of piperidine rings is 1. The fourth-order valence-corrected chi connectivity index (χ4v) is 3.28. The average Bonchev–Trinajstić information content (AvgIpc) is 2.74. The van der Waals surface area contributed by atoms with Gasteiger partial charge in [0.2, 0.25) is 0 Å². The molecular weight excluding hydrogens is 393 g/mol. The highest BCUT2D eigenvalue weighted by Gasteiger charge is 2.25. The number of esters is 1. The Morgan fingerprint density at radius 2 is 1.93 bits per heavy atom. The molecule has 0 spiro atoms. The van der Waals surface area contributed by atoms with E-state index in [-0.39, 0.29) is 16.9 Å². The molecule has 2 aromatic carbocycles. The summed E-state index contributed by atoms with van der Waals surface area (Å²) in [5.74, 6) is -1.61. The predicted octanol–water partition coefficient (Wildman–Crippen LogP) is 3.77. The number of nitro benzene ring substituents is 1. The van der Waals surface area contributed by atoms with Gasteiger partial charge < -0.3 is 15.0 Å². The largest absolute Gasteiger partial charge is 0.452 e. The lowest BCUT2D eigenvalue weighted by molar-refractivity contribution is -0.384. The topological polar surface area (TPSA) is 102 Å². The first-order valence-electron chi connectivity index (χ1n) is 9.60. The molecule has 1 heterocycles. The summed E-state index contributed by atoms with van der Waals surface area (Å²) in [5, 5.41) is 13.5. The van der Waals surface area contributed by atoms with Gasteiger partial charge in [0.15, 0.2) is 6.61 Å². The summed E-state index contributed by atoms with van der Waals surface area (Å²) in [5.41, 5.74) is 0.286. The maximum atomic E-state index is 13.6. The highest BCUT2D eigenvalue weighted by atomic mass is 19.1. The highest BCUT2D eigenvalue weighted by molar-refractivity contribution is 5.99. The third kappa shape index (κ3) is 5.11. The van der Waals surface area contributed by atoms with Crippen LogP contribution in [0, 0.1) is 21.8 Å². The van der Waals surface area contributed by atoms with E-state index in [2.05, 4.69) is 12.2 Å². The van der Waals surface area contributed by atoms with Gasteiger partial charge in [0.25, 0.3) is 11.6 Å². The number of carbonyl (C=O) groups excluding carboxylic acids is 2. The van der Waals surface area contributed by atoms with E-state index in [9.17, 15) is 24.1 Å². The van der Waals surface area contributed by atoms with Crippen molar-refractivity contribution < 1.29 is 23.6 Å². The lowest BCUT2D eigenvalue weighted by atomic mass is 9.98. The summed E-state index contributed by atoms with van der Waals surface area (Å²) < 4.78 is 18.7. The highest BCUT2D eigenvalue weighted by Crippen LogP contribution is 2.30. The molecule has 2 aromatic rings. The Kier molecular flexibility index (Phi) is 6.61. The number of rotatable bonds is 6. The van der Waals surface area contributed by atoms with Crippen LogP contribution in [-0.4, -0.2) is 36.5 Å². The van der Waals surface area contributed by atoms with E-state index >= 15 is 0 Å². The Balaban J connectivity index is 1.73. The molecule has 1 fully saturated rings. The quantitative estimate of drug-likeness (QED) is 0.438. The third-order valence-electron chi connectivity index (χ3n) is 5.02. The molecule has 9 heteroatoms. The van der Waals surface area contributed by atoms with E-state index in [1.165, 1.54) is 30.3 Å². The average molecular weight is 415 g/mol. The second-order valence-corrected chi connectivity index (χ2v) is 7.23. The Morgan fingerprint density at radius 3 is 2.60 bits per heavy atom. The Hall–Kier alpha value is -3.49. The van der Waals surface area contributed by atoms with Crippen LogP contribution in [0.1, 0.15) is 30.1 Å². The molecule has 0 atom stereocenters. The fourth-order valence-electron chi connectivity index (χ4n) is 3.28. The number of nitrogens with zero attached hydrogens (tertiary/aromatic N) is 2. The third-order valence-corrected chi connectivity index (χ3v) is 5.02. The number of hydrogen-bond acceptors (Lipinski definition) is 6. The van der Waals surface area contributed by atoms with Gasteiger partial charge in [-0.2, -0.15) is 0 Å². The zero-order chi connectivity index (χ0) is 21.7. The van der Waals surface area contributed by atoms with E-state index in [1.54, 1.807) is 6.07 Å². The van der Waals surface area contributed by atoms with Gasteiger partial charge in [0, 0.05) is 25.2 Å². The standard InChI is InChI=1S/C21H22FN3O5/c1-14-8-10-24(11-9-14)19-7-6-15(25(28)29)12-16(19)21(27)30-13-20(26)23-18-5-3-2-4-17(18)22/h2-7,12,14H,8-11,13H2,1H3,(H,23,26). The van der Waals surface area contributed by atoms with Crippen molar-refractivity contribution in [2.75, 3.05) is 29.9 Å². The number of halogens is 1. The molecule has 0 aliphatic carbocycles. The van der Waals surface area contributed by atoms with Gasteiger partial charge in [0.05, 0.1) is 21.9 Å². The molecule has 0 aromatic heterocycles. The molecule has 158 valence electrons. The van der Waals surface area contributed by atoms with Crippen LogP contribution in [0.3, 0.4) is 0 Å². The van der Waals surface area contributed by atoms with Crippen LogP contribution in [0.15, 0.2) is 42.5 Å². The number of carbonyl (C=O) groups is 2. The van der Waals surface area contributed by atoms with E-state index < -0.39 is 29.2 Å². The molecule has 1 N–H and O–H groups in total. The van der Waals surface area contributed by atoms with Crippen molar-refractivity contribution >= 4 is 28.9 Å². The lowest BCUT2D eigenvalue weighted by Crippen LogP contribution is -2.34. The smallest absolute Gasteiger partial charge is 0.341 e. The van der Waals surface area contributed by atoms with Crippen LogP contribution in [0.2, 0.25) is 0 Å². The Bertz CT molecular complexity index is 957. The monoisotopic (exact) mass is 415 g/mol. The number of benzene rings is 2. The van der Waals surface area contributed by atoms with E-state index in [0.29, 0.717) is 24.7 Å². The van der Waals surface area contributed by atoms with Crippen LogP contribution in [0.25, 0.3) is 0 Å². The molecule has 30 heavy (non-hydrogen) atoms. The molecule has 0 saturated carbocycles. The van der Waals surface area contributed by atoms with Crippen LogP contribution >= 0.6 is 0 Å². The molecule has 8 nitrogen and oxygen atoms in total. The molecule has 1 amide bonds. The summed E-state index contributed by atoms with van der Waals surface area (Å²) in [6.07, 6.45) is 1.88. The fraction of sp³-hybridized carbons (Fsp3) is 0.333. The second-order valence-electron chi connectivity index (χ2n) is 7.23. The van der Waals surface area contributed by atoms with E-state index in [4.69, 9.17) is 4.74 Å². The van der Waals surface area contributed by atoms with Crippen molar-refractivity contribution in [3.05, 3.63) is 64.0 Å². The number of nitrogens with one attached hydrogen (secondary N) is 1. The number of ether oxygens (including phenoxy) is 1. The molecular formula is C21H22FN3O5. The predicted molar refractivity (Wildman–Crippen MR) is 109 cm³/mol. The van der Waals surface area contributed by atoms with Crippen molar-refractivity contribution in [1.82, 2.24) is 0 Å². The van der Waals surface area contributed by atoms with Gasteiger partial charge >= 0.3 is 5.97 Å². The van der Waals surface area contributed by atoms with Crippen molar-refractivity contribution in [2.24, 2.45) is 5.92 Å². The maximum absolute atomic E-state index is 13.6. The van der Waals surface area contributed by atoms with Crippen LogP contribution < -0.4 is 10.2 Å². The van der Waals surface area contributed by atoms with Crippen LogP contribution in [0.5, 0.6) is 0 Å². The van der Waals surface area contributed by atoms with E-state index in [0.717, 1.165) is 18.9 Å². The summed E-state index contributed by atoms with van der Waals surface area (Å²) in [6.45, 7) is 2.93. The SMILES string of the molecule is CC1CCN(c2ccc([N+](=O)[O-])cc2C(=O)OCC(=O)Nc2ccccc2F)CC1. The normalized spacial score (nSPS) is 14.3. The van der Waals surface area contributed by atoms with Crippen molar-refractivity contribution in [2.45, 2.75) is 19.8 Å². The second kappa shape index (κ2) is 9.34. The zero-order valence-corrected chi connectivity index (χ0v) is 16.5. The first-order valence-corrected chi connectivity index (χ1v) is 9.60. The minimum absolute atomic E-state index is 0.0254. The zero-order valence-electron chi connectivity index (χ0n) is 16.5. The van der Waals surface area contributed by atoms with Crippen molar-refractivity contribution in [3.8, 4) is 0 Å². The minimum atomic E-state index is -0.851. The van der Waals surface area contributed by atoms with E-state index in [1.807, 2.05) is 4.90 Å². The summed E-state index contributed by atoms with van der Waals surface area (Å²) in [6, 6.07) is 9.64. The van der Waals surface area contributed by atoms with Gasteiger partial charge in [0.1, 0.15) is 5.82 Å². The van der Waals surface area contributed by atoms with Crippen LogP contribution in [0.4, 0.5) is 21.5 Å². The number of nitro groups is 1. The van der Waals surface area contributed by atoms with Gasteiger partial charge in [-0.1, -0.05) is 19.1 Å². The number of non-ortho nitro benzene ring substituents is 1. The molecule has 1 saturated heterocycles. The van der Waals surface area contributed by atoms with Crippen molar-refractivity contribution in [3.63, 3.8) is 0 Å². The summed E-state index contributed by atoms with van der Waals surface area (Å²) >= 11 is 0. The molecule has 1 aliphatic heterocycles. The maximum Gasteiger partial charge on any atom is 0.341 e. The van der Waals surface area contributed by atoms with Crippen LogP contribution in [-0.2, 0) is 9.53 Å². The Morgan fingerprint density at radius 1 is 1.23 bits per heavy atom. The summed E-state index contributed by atoms with van der Waals surface area (Å²) in [7, 11) is 0. The lowest BCUT2D eigenvalue weighted by Gasteiger charge is -2.33. The van der Waals surface area contributed by atoms with Crippen molar-refractivity contribution in [1.29, 1.82) is 0 Å². The van der Waals surface area contributed by atoms with Gasteiger partial charge in [-0.25, -0.2) is 9.18 Å². The molecule has 0 radical (unpaired) electrons. The molecule has 1 aliphatic rings. The summed E-state index contributed by atoms with van der Waals surface area (Å²) in [4.78, 5) is 37.2. The molecule has 3 rings (SSSR count). The van der Waals surface area contributed by atoms with Gasteiger partial charge in [-0.05, 0) is 37.0 Å². The number of para-hydroxylation sites is 1. The Labute approximate surface area is 172 Å².